The van der Waals surface area contributed by atoms with Gasteiger partial charge in [-0.1, -0.05) is 30.3 Å². The largest absolute Gasteiger partial charge is 0.383 e. The lowest BCUT2D eigenvalue weighted by Crippen LogP contribution is -2.48. The highest BCUT2D eigenvalue weighted by Gasteiger charge is 2.48. The monoisotopic (exact) mass is 353 g/mol. The maximum atomic E-state index is 12.2. The molecule has 24 heavy (non-hydrogen) atoms. The zero-order valence-corrected chi connectivity index (χ0v) is 14.5. The van der Waals surface area contributed by atoms with Crippen molar-refractivity contribution < 1.29 is 14.3 Å². The van der Waals surface area contributed by atoms with Crippen molar-refractivity contribution in [1.82, 2.24) is 10.2 Å². The van der Waals surface area contributed by atoms with Crippen molar-refractivity contribution in [3.8, 4) is 0 Å². The number of carbonyl (C=O) groups excluding carboxylic acids is 2. The van der Waals surface area contributed by atoms with Gasteiger partial charge in [0.2, 0.25) is 11.8 Å². The van der Waals surface area contributed by atoms with Crippen LogP contribution in [0.2, 0.25) is 0 Å². The van der Waals surface area contributed by atoms with Crippen molar-refractivity contribution in [1.29, 1.82) is 0 Å². The molecule has 0 spiro atoms. The van der Waals surface area contributed by atoms with Gasteiger partial charge in [0, 0.05) is 32.0 Å². The molecule has 0 aromatic heterocycles. The van der Waals surface area contributed by atoms with Crippen LogP contribution in [0.25, 0.3) is 0 Å². The Labute approximate surface area is 148 Å². The van der Waals surface area contributed by atoms with E-state index in [4.69, 9.17) is 10.5 Å². The average molecular weight is 354 g/mol. The van der Waals surface area contributed by atoms with Gasteiger partial charge < -0.3 is 20.7 Å². The number of nitrogens with one attached hydrogen (secondary N) is 1. The van der Waals surface area contributed by atoms with E-state index in [0.29, 0.717) is 18.9 Å². The minimum atomic E-state index is -0.692. The average Bonchev–Trinajstić information content (AvgIpc) is 3.26. The van der Waals surface area contributed by atoms with Gasteiger partial charge in [-0.2, -0.15) is 0 Å². The number of methoxy groups -OCH3 is 1. The van der Waals surface area contributed by atoms with Crippen LogP contribution >= 0.6 is 12.4 Å². The molecule has 2 amide bonds. The molecule has 3 rings (SSSR count). The molecule has 3 N–H and O–H groups in total. The fraction of sp³-hybridized carbons (Fsp3) is 0.529. The van der Waals surface area contributed by atoms with Crippen molar-refractivity contribution in [3.05, 3.63) is 35.9 Å². The van der Waals surface area contributed by atoms with E-state index < -0.39 is 6.04 Å². The molecule has 0 bridgehead atoms. The molecule has 0 radical (unpaired) electrons. The number of benzene rings is 1. The topological polar surface area (TPSA) is 84.7 Å². The van der Waals surface area contributed by atoms with E-state index in [1.165, 1.54) is 12.7 Å². The zero-order valence-electron chi connectivity index (χ0n) is 13.7. The van der Waals surface area contributed by atoms with Crippen molar-refractivity contribution in [2.45, 2.75) is 36.9 Å². The molecule has 1 aliphatic carbocycles. The number of nitrogens with two attached hydrogens (primary N) is 1. The number of hydrogen-bond donors (Lipinski definition) is 2. The Morgan fingerprint density at radius 3 is 2.79 bits per heavy atom. The summed E-state index contributed by atoms with van der Waals surface area (Å²) in [6, 6.07) is 9.67. The number of amides is 2. The molecule has 6 nitrogen and oxygen atoms in total. The first-order valence-electron chi connectivity index (χ1n) is 7.99. The summed E-state index contributed by atoms with van der Waals surface area (Å²) in [4.78, 5) is 26.1. The first-order chi connectivity index (χ1) is 11.1. The van der Waals surface area contributed by atoms with Gasteiger partial charge in [-0.3, -0.25) is 9.59 Å². The lowest BCUT2D eigenvalue weighted by molar-refractivity contribution is -0.128. The van der Waals surface area contributed by atoms with Gasteiger partial charge in [-0.25, -0.2) is 0 Å². The third kappa shape index (κ3) is 4.06. The van der Waals surface area contributed by atoms with Gasteiger partial charge in [-0.05, 0) is 12.0 Å². The molecule has 1 aromatic carbocycles. The summed E-state index contributed by atoms with van der Waals surface area (Å²) >= 11 is 0. The van der Waals surface area contributed by atoms with Gasteiger partial charge in [-0.15, -0.1) is 12.4 Å². The molecular formula is C17H24ClN3O3. The highest BCUT2D eigenvalue weighted by molar-refractivity contribution is 5.85. The molecule has 4 unspecified atom stereocenters. The lowest BCUT2D eigenvalue weighted by atomic mass is 10.1. The lowest BCUT2D eigenvalue weighted by Gasteiger charge is -2.18. The minimum absolute atomic E-state index is 0. The Kier molecular flexibility index (Phi) is 6.21. The molecular weight excluding hydrogens is 330 g/mol. The van der Waals surface area contributed by atoms with Gasteiger partial charge in [0.1, 0.15) is 6.04 Å². The third-order valence-electron chi connectivity index (χ3n) is 4.57. The second-order valence-electron chi connectivity index (χ2n) is 6.34. The Hall–Kier alpha value is -1.63. The number of halogens is 1. The van der Waals surface area contributed by atoms with Crippen LogP contribution < -0.4 is 11.1 Å². The van der Waals surface area contributed by atoms with Crippen molar-refractivity contribution in [2.75, 3.05) is 20.3 Å². The van der Waals surface area contributed by atoms with Crippen LogP contribution in [-0.4, -0.2) is 55.1 Å². The van der Waals surface area contributed by atoms with E-state index in [0.717, 1.165) is 6.42 Å². The normalized spacial score (nSPS) is 26.7. The number of ether oxygens (including phenoxy) is 1. The standard InChI is InChI=1S/C17H23N3O3.ClH/c1-23-10-14(18)17(22)19-12-7-16(21)20(9-12)15-8-13(15)11-5-3-2-4-6-11;/h2-6,12-15H,7-10,18H2,1H3,(H,19,22);1H. The molecule has 132 valence electrons. The van der Waals surface area contributed by atoms with E-state index in [-0.39, 0.29) is 42.9 Å². The van der Waals surface area contributed by atoms with Gasteiger partial charge >= 0.3 is 0 Å². The van der Waals surface area contributed by atoms with Crippen molar-refractivity contribution in [3.63, 3.8) is 0 Å². The van der Waals surface area contributed by atoms with Crippen LogP contribution in [0.5, 0.6) is 0 Å². The molecule has 1 saturated heterocycles. The second kappa shape index (κ2) is 7.96. The van der Waals surface area contributed by atoms with E-state index in [1.807, 2.05) is 23.1 Å². The predicted molar refractivity (Wildman–Crippen MR) is 92.9 cm³/mol. The Morgan fingerprint density at radius 1 is 1.42 bits per heavy atom. The summed E-state index contributed by atoms with van der Waals surface area (Å²) in [7, 11) is 1.50. The highest BCUT2D eigenvalue weighted by Crippen LogP contribution is 2.45. The number of hydrogen-bond acceptors (Lipinski definition) is 4. The quantitative estimate of drug-likeness (QED) is 0.786. The smallest absolute Gasteiger partial charge is 0.239 e. The van der Waals surface area contributed by atoms with Crippen LogP contribution in [-0.2, 0) is 14.3 Å². The Bertz CT molecular complexity index is 584. The maximum Gasteiger partial charge on any atom is 0.239 e. The summed E-state index contributed by atoms with van der Waals surface area (Å²) < 4.78 is 4.88. The molecule has 7 heteroatoms. The van der Waals surface area contributed by atoms with E-state index in [2.05, 4.69) is 17.4 Å². The van der Waals surface area contributed by atoms with Crippen LogP contribution in [0.3, 0.4) is 0 Å². The van der Waals surface area contributed by atoms with Gasteiger partial charge in [0.25, 0.3) is 0 Å². The summed E-state index contributed by atoms with van der Waals surface area (Å²) in [6.07, 6.45) is 1.35. The second-order valence-corrected chi connectivity index (χ2v) is 6.34. The zero-order chi connectivity index (χ0) is 16.4. The Balaban J connectivity index is 0.00000208. The van der Waals surface area contributed by atoms with E-state index in [1.54, 1.807) is 0 Å². The highest BCUT2D eigenvalue weighted by atomic mass is 35.5. The summed E-state index contributed by atoms with van der Waals surface area (Å²) in [6.45, 7) is 0.743. The van der Waals surface area contributed by atoms with Crippen molar-refractivity contribution >= 4 is 24.2 Å². The van der Waals surface area contributed by atoms with Crippen LogP contribution in [0.1, 0.15) is 24.3 Å². The number of carbonyl (C=O) groups is 2. The van der Waals surface area contributed by atoms with Crippen molar-refractivity contribution in [2.24, 2.45) is 5.73 Å². The minimum Gasteiger partial charge on any atom is -0.383 e. The molecule has 2 aliphatic rings. The molecule has 1 aromatic rings. The Morgan fingerprint density at radius 2 is 2.12 bits per heavy atom. The molecule has 2 fully saturated rings. The van der Waals surface area contributed by atoms with E-state index >= 15 is 0 Å². The SMILES string of the molecule is COCC(N)C(=O)NC1CC(=O)N(C2CC2c2ccccc2)C1.Cl. The first kappa shape index (κ1) is 18.7. The molecule has 1 aliphatic heterocycles. The maximum absolute atomic E-state index is 12.2. The number of likely N-dealkylation sites (tertiary alicyclic amines) is 1. The van der Waals surface area contributed by atoms with Gasteiger partial charge in [0.15, 0.2) is 0 Å². The summed E-state index contributed by atoms with van der Waals surface area (Å²) in [5, 5.41) is 2.85. The summed E-state index contributed by atoms with van der Waals surface area (Å²) in [5.74, 6) is 0.270. The summed E-state index contributed by atoms with van der Waals surface area (Å²) in [5.41, 5.74) is 6.99. The van der Waals surface area contributed by atoms with Crippen LogP contribution in [0, 0.1) is 0 Å². The fourth-order valence-electron chi connectivity index (χ4n) is 3.30. The fourth-order valence-corrected chi connectivity index (χ4v) is 3.30. The van der Waals surface area contributed by atoms with Crippen LogP contribution in [0.4, 0.5) is 0 Å². The molecule has 1 heterocycles. The predicted octanol–water partition coefficient (Wildman–Crippen LogP) is 0.655. The molecule has 1 saturated carbocycles. The number of nitrogens with zero attached hydrogens (tertiary/aromatic N) is 1. The van der Waals surface area contributed by atoms with Gasteiger partial charge in [0.05, 0.1) is 12.6 Å². The van der Waals surface area contributed by atoms with E-state index in [9.17, 15) is 9.59 Å². The third-order valence-corrected chi connectivity index (χ3v) is 4.57. The van der Waals surface area contributed by atoms with Crippen LogP contribution in [0.15, 0.2) is 30.3 Å². The first-order valence-corrected chi connectivity index (χ1v) is 7.99. The molecule has 4 atom stereocenters. The number of rotatable bonds is 6.